The van der Waals surface area contributed by atoms with E-state index in [1.165, 1.54) is 39.2 Å². The first-order valence-corrected chi connectivity index (χ1v) is 8.46. The molecule has 2 fully saturated rings. The van der Waals surface area contributed by atoms with Gasteiger partial charge < -0.3 is 20.7 Å². The molecule has 0 bridgehead atoms. The second-order valence-electron chi connectivity index (χ2n) is 6.61. The summed E-state index contributed by atoms with van der Waals surface area (Å²) in [5.41, 5.74) is 5.72. The number of nitrogens with one attached hydrogen (secondary N) is 1. The Morgan fingerprint density at radius 3 is 2.71 bits per heavy atom. The normalized spacial score (nSPS) is 27.9. The molecule has 0 amide bonds. The van der Waals surface area contributed by atoms with Crippen molar-refractivity contribution in [2.75, 3.05) is 33.3 Å². The van der Waals surface area contributed by atoms with Crippen molar-refractivity contribution in [3.63, 3.8) is 0 Å². The van der Waals surface area contributed by atoms with E-state index in [0.717, 1.165) is 26.1 Å². The molecule has 3 N–H and O–H groups in total. The molecule has 2 unspecified atom stereocenters. The molecule has 2 rings (SSSR count). The third-order valence-corrected chi connectivity index (χ3v) is 4.87. The Bertz CT molecular complexity index is 319. The van der Waals surface area contributed by atoms with Crippen LogP contribution in [0.15, 0.2) is 0 Å². The van der Waals surface area contributed by atoms with E-state index in [0.29, 0.717) is 31.0 Å². The number of methoxy groups -OCH3 is 1. The lowest BCUT2D eigenvalue weighted by atomic mass is 9.90. The first kappa shape index (κ1) is 16.7. The topological polar surface area (TPSA) is 67.6 Å². The van der Waals surface area contributed by atoms with Gasteiger partial charge in [-0.2, -0.15) is 0 Å². The van der Waals surface area contributed by atoms with Crippen LogP contribution in [-0.4, -0.2) is 56.2 Å². The standard InChI is InChI=1S/C16H31N3O2/c1-21-16(20)7-6-13-10-15(12-19(11-13)9-8-17)18-14-4-2-3-5-14/h13-15,18H,2-12,17H2,1H3. The summed E-state index contributed by atoms with van der Waals surface area (Å²) in [6.45, 7) is 3.83. The molecule has 5 heteroatoms. The van der Waals surface area contributed by atoms with Crippen molar-refractivity contribution in [1.82, 2.24) is 10.2 Å². The molecule has 1 saturated carbocycles. The van der Waals surface area contributed by atoms with Gasteiger partial charge in [0.25, 0.3) is 0 Å². The summed E-state index contributed by atoms with van der Waals surface area (Å²) in [4.78, 5) is 13.8. The van der Waals surface area contributed by atoms with Crippen LogP contribution in [0.3, 0.4) is 0 Å². The molecule has 2 aliphatic rings. The second-order valence-corrected chi connectivity index (χ2v) is 6.61. The van der Waals surface area contributed by atoms with E-state index in [2.05, 4.69) is 10.2 Å². The summed E-state index contributed by atoms with van der Waals surface area (Å²) < 4.78 is 4.76. The highest BCUT2D eigenvalue weighted by Gasteiger charge is 2.29. The fourth-order valence-corrected chi connectivity index (χ4v) is 3.85. The number of esters is 1. The number of ether oxygens (including phenoxy) is 1. The molecule has 0 aromatic carbocycles. The predicted molar refractivity (Wildman–Crippen MR) is 84.0 cm³/mol. The summed E-state index contributed by atoms with van der Waals surface area (Å²) in [7, 11) is 1.47. The van der Waals surface area contributed by atoms with E-state index in [9.17, 15) is 4.79 Å². The van der Waals surface area contributed by atoms with Crippen molar-refractivity contribution >= 4 is 5.97 Å². The van der Waals surface area contributed by atoms with Crippen LogP contribution in [-0.2, 0) is 9.53 Å². The number of hydrogen-bond acceptors (Lipinski definition) is 5. The molecule has 1 aliphatic heterocycles. The van der Waals surface area contributed by atoms with Gasteiger partial charge in [-0.1, -0.05) is 12.8 Å². The molecular formula is C16H31N3O2. The summed E-state index contributed by atoms with van der Waals surface area (Å²) in [5.74, 6) is 0.481. The maximum atomic E-state index is 11.4. The third kappa shape index (κ3) is 5.57. The number of rotatable bonds is 7. The van der Waals surface area contributed by atoms with E-state index in [-0.39, 0.29) is 5.97 Å². The zero-order valence-corrected chi connectivity index (χ0v) is 13.4. The van der Waals surface area contributed by atoms with E-state index in [4.69, 9.17) is 10.5 Å². The van der Waals surface area contributed by atoms with Crippen LogP contribution in [0.2, 0.25) is 0 Å². The highest BCUT2D eigenvalue weighted by molar-refractivity contribution is 5.69. The number of piperidine rings is 1. The minimum Gasteiger partial charge on any atom is -0.469 e. The highest BCUT2D eigenvalue weighted by Crippen LogP contribution is 2.24. The molecule has 5 nitrogen and oxygen atoms in total. The average molecular weight is 297 g/mol. The minimum atomic E-state index is -0.0914. The zero-order valence-electron chi connectivity index (χ0n) is 13.4. The van der Waals surface area contributed by atoms with Crippen molar-refractivity contribution in [3.8, 4) is 0 Å². The van der Waals surface area contributed by atoms with Gasteiger partial charge in [-0.15, -0.1) is 0 Å². The number of hydrogen-bond donors (Lipinski definition) is 2. The molecule has 0 aromatic heterocycles. The Balaban J connectivity index is 1.83. The van der Waals surface area contributed by atoms with Gasteiger partial charge in [0.15, 0.2) is 0 Å². The Morgan fingerprint density at radius 2 is 2.05 bits per heavy atom. The van der Waals surface area contributed by atoms with E-state index >= 15 is 0 Å². The lowest BCUT2D eigenvalue weighted by Crippen LogP contribution is -2.52. The fourth-order valence-electron chi connectivity index (χ4n) is 3.85. The molecule has 0 aromatic rings. The molecule has 21 heavy (non-hydrogen) atoms. The number of carbonyl (C=O) groups excluding carboxylic acids is 1. The van der Waals surface area contributed by atoms with E-state index in [1.54, 1.807) is 0 Å². The van der Waals surface area contributed by atoms with Crippen LogP contribution >= 0.6 is 0 Å². The number of likely N-dealkylation sites (tertiary alicyclic amines) is 1. The van der Waals surface area contributed by atoms with Crippen LogP contribution in [0.5, 0.6) is 0 Å². The van der Waals surface area contributed by atoms with Crippen LogP contribution in [0, 0.1) is 5.92 Å². The Kier molecular flexibility index (Phi) is 6.93. The molecule has 0 spiro atoms. The summed E-state index contributed by atoms with van der Waals surface area (Å²) >= 11 is 0. The van der Waals surface area contributed by atoms with Gasteiger partial charge >= 0.3 is 5.97 Å². The van der Waals surface area contributed by atoms with Crippen molar-refractivity contribution in [3.05, 3.63) is 0 Å². The highest BCUT2D eigenvalue weighted by atomic mass is 16.5. The van der Waals surface area contributed by atoms with Gasteiger partial charge in [-0.05, 0) is 31.6 Å². The van der Waals surface area contributed by atoms with Gasteiger partial charge in [-0.25, -0.2) is 0 Å². The number of nitrogens with two attached hydrogens (primary N) is 1. The molecule has 1 heterocycles. The molecule has 1 aliphatic carbocycles. The third-order valence-electron chi connectivity index (χ3n) is 4.87. The van der Waals surface area contributed by atoms with Gasteiger partial charge in [0, 0.05) is 44.7 Å². The van der Waals surface area contributed by atoms with Crippen LogP contribution < -0.4 is 11.1 Å². The molecular weight excluding hydrogens is 266 g/mol. The average Bonchev–Trinajstić information content (AvgIpc) is 2.98. The Labute approximate surface area is 128 Å². The van der Waals surface area contributed by atoms with Gasteiger partial charge in [-0.3, -0.25) is 4.79 Å². The number of carbonyl (C=O) groups is 1. The summed E-state index contributed by atoms with van der Waals surface area (Å²) in [5, 5.41) is 3.84. The smallest absolute Gasteiger partial charge is 0.305 e. The lowest BCUT2D eigenvalue weighted by molar-refractivity contribution is -0.141. The maximum Gasteiger partial charge on any atom is 0.305 e. The molecule has 2 atom stereocenters. The predicted octanol–water partition coefficient (Wildman–Crippen LogP) is 1.12. The van der Waals surface area contributed by atoms with Gasteiger partial charge in [0.05, 0.1) is 7.11 Å². The van der Waals surface area contributed by atoms with Crippen LogP contribution in [0.25, 0.3) is 0 Å². The lowest BCUT2D eigenvalue weighted by Gasteiger charge is -2.39. The second kappa shape index (κ2) is 8.71. The fraction of sp³-hybridized carbons (Fsp3) is 0.938. The maximum absolute atomic E-state index is 11.4. The van der Waals surface area contributed by atoms with Crippen molar-refractivity contribution in [2.24, 2.45) is 11.7 Å². The Hall–Kier alpha value is -0.650. The zero-order chi connectivity index (χ0) is 15.1. The summed E-state index contributed by atoms with van der Waals surface area (Å²) in [6, 6.07) is 1.25. The van der Waals surface area contributed by atoms with Crippen LogP contribution in [0.1, 0.15) is 44.9 Å². The van der Waals surface area contributed by atoms with Crippen molar-refractivity contribution in [1.29, 1.82) is 0 Å². The van der Waals surface area contributed by atoms with Gasteiger partial charge in [0.1, 0.15) is 0 Å². The van der Waals surface area contributed by atoms with Crippen LogP contribution in [0.4, 0.5) is 0 Å². The summed E-state index contributed by atoms with van der Waals surface area (Å²) in [6.07, 6.45) is 8.00. The van der Waals surface area contributed by atoms with Crippen molar-refractivity contribution < 1.29 is 9.53 Å². The minimum absolute atomic E-state index is 0.0914. The van der Waals surface area contributed by atoms with E-state index < -0.39 is 0 Å². The quantitative estimate of drug-likeness (QED) is 0.689. The monoisotopic (exact) mass is 297 g/mol. The molecule has 1 saturated heterocycles. The molecule has 122 valence electrons. The number of nitrogens with zero attached hydrogens (tertiary/aromatic N) is 1. The first-order valence-electron chi connectivity index (χ1n) is 8.46. The van der Waals surface area contributed by atoms with Crippen molar-refractivity contribution in [2.45, 2.75) is 57.0 Å². The SMILES string of the molecule is COC(=O)CCC1CC(NC2CCCC2)CN(CCN)C1. The Morgan fingerprint density at radius 1 is 1.29 bits per heavy atom. The largest absolute Gasteiger partial charge is 0.469 e. The van der Waals surface area contributed by atoms with E-state index in [1.807, 2.05) is 0 Å². The molecule has 0 radical (unpaired) electrons. The first-order chi connectivity index (χ1) is 10.2. The van der Waals surface area contributed by atoms with Gasteiger partial charge in [0.2, 0.25) is 0 Å².